The molecule has 0 saturated heterocycles. The first kappa shape index (κ1) is 25.5. The molecule has 2 heterocycles. The molecule has 0 radical (unpaired) electrons. The summed E-state index contributed by atoms with van der Waals surface area (Å²) in [5.74, 6) is -7.58. The van der Waals surface area contributed by atoms with Gasteiger partial charge >= 0.3 is 18.3 Å². The van der Waals surface area contributed by atoms with E-state index in [9.17, 15) is 43.9 Å². The van der Waals surface area contributed by atoms with Crippen LogP contribution in [0.4, 0.5) is 49.6 Å². The van der Waals surface area contributed by atoms with E-state index >= 15 is 0 Å². The van der Waals surface area contributed by atoms with Crippen molar-refractivity contribution in [2.75, 3.05) is 5.01 Å². The highest BCUT2D eigenvalue weighted by atomic mass is 19.4. The van der Waals surface area contributed by atoms with E-state index in [1.54, 1.807) is 0 Å². The van der Waals surface area contributed by atoms with E-state index in [2.05, 4.69) is 10.1 Å². The SMILES string of the molecule is Fc1ccc(N2N=C(C(F)(F)C(F)(F)F)CC2c2cccc(-c3ccc(C(F)(F)F)nc3)c2)c(F)c1. The number of rotatable bonds is 4. The number of halogens is 10. The van der Waals surface area contributed by atoms with Gasteiger partial charge in [0.2, 0.25) is 0 Å². The molecule has 0 fully saturated rings. The molecule has 1 aliphatic heterocycles. The van der Waals surface area contributed by atoms with Crippen molar-refractivity contribution < 1.29 is 43.9 Å². The van der Waals surface area contributed by atoms with Crippen molar-refractivity contribution in [2.45, 2.75) is 30.7 Å². The van der Waals surface area contributed by atoms with E-state index in [0.717, 1.165) is 30.5 Å². The van der Waals surface area contributed by atoms with Crippen molar-refractivity contribution in [1.29, 1.82) is 0 Å². The summed E-state index contributed by atoms with van der Waals surface area (Å²) in [5.41, 5.74) is -2.70. The van der Waals surface area contributed by atoms with Crippen LogP contribution in [0.3, 0.4) is 0 Å². The Bertz CT molecular complexity index is 1300. The molecule has 1 aliphatic rings. The van der Waals surface area contributed by atoms with E-state index in [-0.39, 0.29) is 16.7 Å². The summed E-state index contributed by atoms with van der Waals surface area (Å²) in [6, 6.07) is 8.05. The van der Waals surface area contributed by atoms with Crippen LogP contribution in [-0.2, 0) is 6.18 Å². The molecule has 190 valence electrons. The first-order chi connectivity index (χ1) is 16.7. The molecule has 1 atom stereocenters. The van der Waals surface area contributed by atoms with Gasteiger partial charge in [-0.3, -0.25) is 9.99 Å². The second-order valence-corrected chi connectivity index (χ2v) is 7.83. The van der Waals surface area contributed by atoms with E-state index in [0.29, 0.717) is 11.1 Å². The van der Waals surface area contributed by atoms with Gasteiger partial charge in [0.05, 0.1) is 11.7 Å². The van der Waals surface area contributed by atoms with Crippen molar-refractivity contribution in [3.05, 3.63) is 83.7 Å². The molecular formula is C23H13F10N3. The smallest absolute Gasteiger partial charge is 0.255 e. The Morgan fingerprint density at radius 3 is 2.11 bits per heavy atom. The fraction of sp³-hybridized carbons (Fsp3) is 0.217. The topological polar surface area (TPSA) is 28.5 Å². The predicted molar refractivity (Wildman–Crippen MR) is 109 cm³/mol. The second-order valence-electron chi connectivity index (χ2n) is 7.83. The van der Waals surface area contributed by atoms with Crippen molar-refractivity contribution >= 4 is 11.4 Å². The second kappa shape index (κ2) is 8.79. The van der Waals surface area contributed by atoms with E-state index in [1.807, 2.05) is 0 Å². The van der Waals surface area contributed by atoms with Gasteiger partial charge in [0, 0.05) is 24.2 Å². The lowest BCUT2D eigenvalue weighted by Gasteiger charge is -2.25. The van der Waals surface area contributed by atoms with Gasteiger partial charge in [-0.15, -0.1) is 0 Å². The lowest BCUT2D eigenvalue weighted by molar-refractivity contribution is -0.249. The number of alkyl halides is 8. The largest absolute Gasteiger partial charge is 0.459 e. The van der Waals surface area contributed by atoms with Crippen molar-refractivity contribution in [1.82, 2.24) is 4.98 Å². The highest BCUT2D eigenvalue weighted by Gasteiger charge is 2.63. The zero-order valence-electron chi connectivity index (χ0n) is 17.7. The molecule has 13 heteroatoms. The number of anilines is 1. The van der Waals surface area contributed by atoms with Crippen LogP contribution in [0.25, 0.3) is 11.1 Å². The average molecular weight is 521 g/mol. The number of aromatic nitrogens is 1. The van der Waals surface area contributed by atoms with Crippen molar-refractivity contribution in [2.24, 2.45) is 5.10 Å². The molecule has 4 rings (SSSR count). The quantitative estimate of drug-likeness (QED) is 0.332. The predicted octanol–water partition coefficient (Wildman–Crippen LogP) is 7.55. The van der Waals surface area contributed by atoms with Crippen molar-refractivity contribution in [3.63, 3.8) is 0 Å². The molecule has 2 aromatic carbocycles. The Hall–Kier alpha value is -3.64. The normalized spacial score (nSPS) is 16.9. The van der Waals surface area contributed by atoms with Crippen LogP contribution in [0.1, 0.15) is 23.7 Å². The van der Waals surface area contributed by atoms with E-state index in [4.69, 9.17) is 0 Å². The number of nitrogens with zero attached hydrogens (tertiary/aromatic N) is 3. The minimum Gasteiger partial charge on any atom is -0.255 e. The Morgan fingerprint density at radius 1 is 0.806 bits per heavy atom. The zero-order valence-corrected chi connectivity index (χ0v) is 17.7. The molecular weight excluding hydrogens is 508 g/mol. The van der Waals surface area contributed by atoms with Crippen LogP contribution in [-0.4, -0.2) is 22.8 Å². The fourth-order valence-electron chi connectivity index (χ4n) is 3.67. The number of hydrogen-bond acceptors (Lipinski definition) is 3. The average Bonchev–Trinajstić information content (AvgIpc) is 3.24. The first-order valence-corrected chi connectivity index (χ1v) is 10.1. The van der Waals surface area contributed by atoms with Gasteiger partial charge in [-0.1, -0.05) is 24.3 Å². The molecule has 0 saturated carbocycles. The highest BCUT2D eigenvalue weighted by molar-refractivity contribution is 5.95. The lowest BCUT2D eigenvalue weighted by atomic mass is 9.95. The summed E-state index contributed by atoms with van der Waals surface area (Å²) in [6.45, 7) is 0. The molecule has 1 unspecified atom stereocenters. The van der Waals surface area contributed by atoms with Gasteiger partial charge in [-0.05, 0) is 35.4 Å². The van der Waals surface area contributed by atoms with Gasteiger partial charge in [0.15, 0.2) is 5.82 Å². The third-order valence-electron chi connectivity index (χ3n) is 5.44. The van der Waals surface area contributed by atoms with Gasteiger partial charge in [-0.25, -0.2) is 8.78 Å². The number of pyridine rings is 1. The maximum absolute atomic E-state index is 14.5. The van der Waals surface area contributed by atoms with Gasteiger partial charge < -0.3 is 0 Å². The Kier molecular flexibility index (Phi) is 6.21. The minimum atomic E-state index is -5.97. The minimum absolute atomic E-state index is 0.104. The van der Waals surface area contributed by atoms with Crippen LogP contribution >= 0.6 is 0 Å². The molecule has 0 amide bonds. The standard InChI is InChI=1S/C23H13F10N3/c24-15-5-6-17(16(25)9-15)36-18(10-20(35-36)21(26,27)23(31,32)33)13-3-1-2-12(8-13)14-4-7-19(34-11-14)22(28,29)30/h1-9,11,18H,10H2. The maximum atomic E-state index is 14.5. The van der Waals surface area contributed by atoms with Crippen LogP contribution in [0, 0.1) is 11.6 Å². The number of benzene rings is 2. The van der Waals surface area contributed by atoms with E-state index < -0.39 is 59.5 Å². The summed E-state index contributed by atoms with van der Waals surface area (Å²) in [4.78, 5) is 3.34. The molecule has 0 aliphatic carbocycles. The third kappa shape index (κ3) is 4.73. The van der Waals surface area contributed by atoms with E-state index in [1.165, 1.54) is 24.3 Å². The maximum Gasteiger partial charge on any atom is 0.459 e. The summed E-state index contributed by atoms with van der Waals surface area (Å²) in [6.07, 6.45) is -10.7. The zero-order chi connectivity index (χ0) is 26.5. The molecule has 1 aromatic heterocycles. The van der Waals surface area contributed by atoms with Crippen LogP contribution in [0.15, 0.2) is 65.9 Å². The van der Waals surface area contributed by atoms with Crippen molar-refractivity contribution in [3.8, 4) is 11.1 Å². The number of hydrazone groups is 1. The van der Waals surface area contributed by atoms with Gasteiger partial charge in [-0.2, -0.15) is 40.2 Å². The third-order valence-corrected chi connectivity index (χ3v) is 5.44. The van der Waals surface area contributed by atoms with Gasteiger partial charge in [0.1, 0.15) is 17.2 Å². The summed E-state index contributed by atoms with van der Waals surface area (Å²) in [5, 5.41) is 3.97. The first-order valence-electron chi connectivity index (χ1n) is 10.1. The molecule has 3 nitrogen and oxygen atoms in total. The van der Waals surface area contributed by atoms with Crippen LogP contribution in [0.5, 0.6) is 0 Å². The van der Waals surface area contributed by atoms with Crippen LogP contribution in [0.2, 0.25) is 0 Å². The Morgan fingerprint density at radius 2 is 1.53 bits per heavy atom. The molecule has 0 N–H and O–H groups in total. The molecule has 3 aromatic rings. The Balaban J connectivity index is 1.76. The molecule has 36 heavy (non-hydrogen) atoms. The monoisotopic (exact) mass is 521 g/mol. The summed E-state index contributed by atoms with van der Waals surface area (Å²) >= 11 is 0. The number of hydrogen-bond donors (Lipinski definition) is 0. The molecule has 0 bridgehead atoms. The lowest BCUT2D eigenvalue weighted by Crippen LogP contribution is -2.43. The summed E-state index contributed by atoms with van der Waals surface area (Å²) < 4.78 is 134. The Labute approximate surface area is 196 Å². The fourth-order valence-corrected chi connectivity index (χ4v) is 3.67. The highest BCUT2D eigenvalue weighted by Crippen LogP contribution is 2.45. The van der Waals surface area contributed by atoms with Gasteiger partial charge in [0.25, 0.3) is 0 Å². The van der Waals surface area contributed by atoms with Crippen LogP contribution < -0.4 is 5.01 Å². The molecule has 0 spiro atoms. The summed E-state index contributed by atoms with van der Waals surface area (Å²) in [7, 11) is 0.